The average Bonchev–Trinajstić information content (AvgIpc) is 2.30. The van der Waals surface area contributed by atoms with Crippen molar-refractivity contribution in [3.63, 3.8) is 0 Å². The Morgan fingerprint density at radius 3 is 2.47 bits per heavy atom. The summed E-state index contributed by atoms with van der Waals surface area (Å²) < 4.78 is 0. The summed E-state index contributed by atoms with van der Waals surface area (Å²) in [5, 5.41) is 9.30. The first kappa shape index (κ1) is 11.4. The van der Waals surface area contributed by atoms with E-state index in [-0.39, 0.29) is 11.5 Å². The molecule has 2 nitrogen and oxygen atoms in total. The minimum absolute atomic E-state index is 0.0775. The third-order valence-corrected chi connectivity index (χ3v) is 2.72. The number of carbonyl (C=O) groups excluding carboxylic acids is 1. The van der Waals surface area contributed by atoms with Gasteiger partial charge in [0.05, 0.1) is 0 Å². The monoisotopic (exact) mass is 226 g/mol. The largest absolute Gasteiger partial charge is 0.508 e. The van der Waals surface area contributed by atoms with Crippen molar-refractivity contribution < 1.29 is 9.90 Å². The second kappa shape index (κ2) is 4.83. The Labute approximate surface area is 101 Å². The zero-order chi connectivity index (χ0) is 12.3. The molecule has 86 valence electrons. The molecule has 2 heteroatoms. The van der Waals surface area contributed by atoms with Gasteiger partial charge in [-0.1, -0.05) is 30.3 Å². The van der Waals surface area contributed by atoms with Crippen LogP contribution in [0.3, 0.4) is 0 Å². The van der Waals surface area contributed by atoms with Crippen molar-refractivity contribution in [1.82, 2.24) is 0 Å². The van der Waals surface area contributed by atoms with Gasteiger partial charge in [0.2, 0.25) is 0 Å². The number of phenolic OH excluding ortho intramolecular Hbond substituents is 1. The molecule has 2 aromatic rings. The van der Waals surface area contributed by atoms with E-state index in [0.717, 1.165) is 11.1 Å². The van der Waals surface area contributed by atoms with Crippen LogP contribution in [0.15, 0.2) is 48.5 Å². The number of rotatable bonds is 3. The molecule has 2 aromatic carbocycles. The van der Waals surface area contributed by atoms with E-state index in [0.29, 0.717) is 12.0 Å². The highest BCUT2D eigenvalue weighted by Crippen LogP contribution is 2.17. The van der Waals surface area contributed by atoms with Crippen LogP contribution >= 0.6 is 0 Å². The molecule has 0 atom stereocenters. The van der Waals surface area contributed by atoms with E-state index >= 15 is 0 Å². The van der Waals surface area contributed by atoms with Gasteiger partial charge in [0.15, 0.2) is 5.78 Å². The predicted octanol–water partition coefficient (Wildman–Crippen LogP) is 3.13. The minimum atomic E-state index is 0.0775. The summed E-state index contributed by atoms with van der Waals surface area (Å²) in [5.74, 6) is 0.271. The lowest BCUT2D eigenvalue weighted by molar-refractivity contribution is 0.0992. The maximum Gasteiger partial charge on any atom is 0.167 e. The summed E-state index contributed by atoms with van der Waals surface area (Å²) in [5.41, 5.74) is 2.49. The molecule has 0 spiro atoms. The fourth-order valence-corrected chi connectivity index (χ4v) is 1.84. The average molecular weight is 226 g/mol. The van der Waals surface area contributed by atoms with Gasteiger partial charge in [0.25, 0.3) is 0 Å². The molecular formula is C15H14O2. The van der Waals surface area contributed by atoms with Crippen molar-refractivity contribution in [2.75, 3.05) is 0 Å². The lowest BCUT2D eigenvalue weighted by Crippen LogP contribution is -2.05. The molecule has 0 aliphatic rings. The normalized spacial score (nSPS) is 10.2. The number of phenols is 1. The summed E-state index contributed by atoms with van der Waals surface area (Å²) in [7, 11) is 0. The standard InChI is InChI=1S/C15H14O2/c1-11-9-13(16)7-8-14(11)15(17)10-12-5-3-2-4-6-12/h2-9,16H,10H2,1H3. The molecule has 0 saturated heterocycles. The van der Waals surface area contributed by atoms with Crippen molar-refractivity contribution in [3.05, 3.63) is 65.2 Å². The zero-order valence-electron chi connectivity index (χ0n) is 9.68. The van der Waals surface area contributed by atoms with Crippen molar-refractivity contribution >= 4 is 5.78 Å². The van der Waals surface area contributed by atoms with Crippen LogP contribution in [0.5, 0.6) is 5.75 Å². The molecular weight excluding hydrogens is 212 g/mol. The molecule has 0 aromatic heterocycles. The van der Waals surface area contributed by atoms with E-state index in [9.17, 15) is 9.90 Å². The molecule has 0 amide bonds. The van der Waals surface area contributed by atoms with E-state index in [1.165, 1.54) is 0 Å². The van der Waals surface area contributed by atoms with Crippen molar-refractivity contribution in [1.29, 1.82) is 0 Å². The maximum atomic E-state index is 12.1. The van der Waals surface area contributed by atoms with E-state index in [2.05, 4.69) is 0 Å². The number of Topliss-reactive ketones (excluding diaryl/α,β-unsaturated/α-hetero) is 1. The Kier molecular flexibility index (Phi) is 3.24. The van der Waals surface area contributed by atoms with Gasteiger partial charge in [-0.15, -0.1) is 0 Å². The van der Waals surface area contributed by atoms with Crippen molar-refractivity contribution in [3.8, 4) is 5.75 Å². The van der Waals surface area contributed by atoms with Gasteiger partial charge in [0.1, 0.15) is 5.75 Å². The minimum Gasteiger partial charge on any atom is -0.508 e. The molecule has 2 rings (SSSR count). The topological polar surface area (TPSA) is 37.3 Å². The lowest BCUT2D eigenvalue weighted by Gasteiger charge is -2.05. The molecule has 17 heavy (non-hydrogen) atoms. The first-order chi connectivity index (χ1) is 8.16. The highest BCUT2D eigenvalue weighted by Gasteiger charge is 2.09. The molecule has 0 aliphatic heterocycles. The fraction of sp³-hybridized carbons (Fsp3) is 0.133. The highest BCUT2D eigenvalue weighted by molar-refractivity contribution is 5.98. The van der Waals surface area contributed by atoms with E-state index in [1.54, 1.807) is 18.2 Å². The molecule has 0 aliphatic carbocycles. The number of benzene rings is 2. The maximum absolute atomic E-state index is 12.1. The van der Waals surface area contributed by atoms with Crippen LogP contribution in [-0.4, -0.2) is 10.9 Å². The van der Waals surface area contributed by atoms with Gasteiger partial charge in [-0.05, 0) is 36.2 Å². The first-order valence-corrected chi connectivity index (χ1v) is 5.53. The van der Waals surface area contributed by atoms with E-state index < -0.39 is 0 Å². The molecule has 0 saturated carbocycles. The first-order valence-electron chi connectivity index (χ1n) is 5.53. The third-order valence-electron chi connectivity index (χ3n) is 2.72. The van der Waals surface area contributed by atoms with Gasteiger partial charge >= 0.3 is 0 Å². The Balaban J connectivity index is 2.21. The van der Waals surface area contributed by atoms with E-state index in [1.807, 2.05) is 37.3 Å². The second-order valence-corrected chi connectivity index (χ2v) is 4.08. The predicted molar refractivity (Wildman–Crippen MR) is 67.3 cm³/mol. The molecule has 0 fully saturated rings. The van der Waals surface area contributed by atoms with Crippen LogP contribution in [0, 0.1) is 6.92 Å². The Hall–Kier alpha value is -2.09. The Bertz CT molecular complexity index is 530. The van der Waals surface area contributed by atoms with Gasteiger partial charge in [-0.25, -0.2) is 0 Å². The van der Waals surface area contributed by atoms with Gasteiger partial charge in [-0.3, -0.25) is 4.79 Å². The summed E-state index contributed by atoms with van der Waals surface area (Å²) in [4.78, 5) is 12.1. The van der Waals surface area contributed by atoms with Crippen molar-refractivity contribution in [2.24, 2.45) is 0 Å². The van der Waals surface area contributed by atoms with Crippen LogP contribution in [0.1, 0.15) is 21.5 Å². The summed E-state index contributed by atoms with van der Waals surface area (Å²) in [6, 6.07) is 14.5. The summed E-state index contributed by atoms with van der Waals surface area (Å²) in [6.45, 7) is 1.83. The zero-order valence-corrected chi connectivity index (χ0v) is 9.68. The van der Waals surface area contributed by atoms with Crippen LogP contribution in [-0.2, 0) is 6.42 Å². The third kappa shape index (κ3) is 2.72. The number of hydrogen-bond donors (Lipinski definition) is 1. The number of carbonyl (C=O) groups is 1. The highest BCUT2D eigenvalue weighted by atomic mass is 16.3. The molecule has 1 N–H and O–H groups in total. The molecule has 0 bridgehead atoms. The van der Waals surface area contributed by atoms with Gasteiger partial charge in [-0.2, -0.15) is 0 Å². The lowest BCUT2D eigenvalue weighted by atomic mass is 9.99. The van der Waals surface area contributed by atoms with Crippen LogP contribution in [0.2, 0.25) is 0 Å². The SMILES string of the molecule is Cc1cc(O)ccc1C(=O)Cc1ccccc1. The molecule has 0 radical (unpaired) electrons. The quantitative estimate of drug-likeness (QED) is 0.816. The summed E-state index contributed by atoms with van der Waals surface area (Å²) in [6.07, 6.45) is 0.395. The second-order valence-electron chi connectivity index (χ2n) is 4.08. The van der Waals surface area contributed by atoms with Crippen LogP contribution in [0.25, 0.3) is 0 Å². The van der Waals surface area contributed by atoms with Crippen LogP contribution in [0.4, 0.5) is 0 Å². The number of aromatic hydroxyl groups is 1. The Morgan fingerprint density at radius 2 is 1.82 bits per heavy atom. The summed E-state index contributed by atoms with van der Waals surface area (Å²) >= 11 is 0. The van der Waals surface area contributed by atoms with Gasteiger partial charge in [0, 0.05) is 12.0 Å². The van der Waals surface area contributed by atoms with Crippen LogP contribution < -0.4 is 0 Å². The Morgan fingerprint density at radius 1 is 1.12 bits per heavy atom. The number of ketones is 1. The number of aryl methyl sites for hydroxylation is 1. The van der Waals surface area contributed by atoms with Gasteiger partial charge < -0.3 is 5.11 Å². The fourth-order valence-electron chi connectivity index (χ4n) is 1.84. The van der Waals surface area contributed by atoms with Crippen molar-refractivity contribution in [2.45, 2.75) is 13.3 Å². The number of hydrogen-bond acceptors (Lipinski definition) is 2. The molecule has 0 unspecified atom stereocenters. The van der Waals surface area contributed by atoms with E-state index in [4.69, 9.17) is 0 Å². The molecule has 0 heterocycles. The smallest absolute Gasteiger partial charge is 0.167 e.